The zero-order valence-electron chi connectivity index (χ0n) is 16.9. The minimum Gasteiger partial charge on any atom is -0.395 e. The highest BCUT2D eigenvalue weighted by atomic mass is 32.2. The normalized spacial score (nSPS) is 10.9. The summed E-state index contributed by atoms with van der Waals surface area (Å²) in [6.07, 6.45) is 2.85. The Labute approximate surface area is 180 Å². The lowest BCUT2D eigenvalue weighted by Gasteiger charge is -2.09. The fourth-order valence-corrected chi connectivity index (χ4v) is 3.40. The molecule has 0 spiro atoms. The van der Waals surface area contributed by atoms with Crippen molar-refractivity contribution in [3.8, 4) is 0 Å². The second-order valence-electron chi connectivity index (χ2n) is 6.48. The number of unbranched alkanes of at least 4 members (excludes halogenated alkanes) is 1. The highest BCUT2D eigenvalue weighted by Crippen LogP contribution is 2.12. The molecule has 0 aliphatic rings. The third kappa shape index (κ3) is 6.86. The van der Waals surface area contributed by atoms with Gasteiger partial charge in [0.25, 0.3) is 27.7 Å². The first-order chi connectivity index (χ1) is 14.8. The standard InChI is InChI=1S/C20H24N4O6S/c1-2-3-10-21-18(26)14-4-7-16(8-5-14)31(29,30)24-19(27)15-6-9-17(23-13-15)20(28)22-11-12-25/h4-9,13,25H,2-3,10-12H2,1H3,(H,21,26)(H,22,28)(H,24,27). The quantitative estimate of drug-likeness (QED) is 0.385. The zero-order chi connectivity index (χ0) is 22.9. The topological polar surface area (TPSA) is 155 Å². The van der Waals surface area contributed by atoms with E-state index in [0.717, 1.165) is 19.0 Å². The van der Waals surface area contributed by atoms with Crippen LogP contribution in [0.25, 0.3) is 0 Å². The molecule has 2 rings (SSSR count). The number of nitrogens with zero attached hydrogens (tertiary/aromatic N) is 1. The third-order valence-corrected chi connectivity index (χ3v) is 5.47. The van der Waals surface area contributed by atoms with E-state index in [1.54, 1.807) is 0 Å². The Morgan fingerprint density at radius 1 is 0.903 bits per heavy atom. The zero-order valence-corrected chi connectivity index (χ0v) is 17.7. The van der Waals surface area contributed by atoms with Gasteiger partial charge in [0, 0.05) is 24.8 Å². The number of sulfonamides is 1. The van der Waals surface area contributed by atoms with Crippen molar-refractivity contribution in [2.75, 3.05) is 19.7 Å². The summed E-state index contributed by atoms with van der Waals surface area (Å²) in [7, 11) is -4.18. The van der Waals surface area contributed by atoms with Crippen molar-refractivity contribution in [2.24, 2.45) is 0 Å². The number of carbonyl (C=O) groups is 3. The molecular formula is C20H24N4O6S. The molecule has 0 aliphatic heterocycles. The van der Waals surface area contributed by atoms with Gasteiger partial charge >= 0.3 is 0 Å². The molecule has 1 aromatic carbocycles. The van der Waals surface area contributed by atoms with Crippen molar-refractivity contribution in [3.63, 3.8) is 0 Å². The molecular weight excluding hydrogens is 424 g/mol. The number of amides is 3. The van der Waals surface area contributed by atoms with Crippen LogP contribution in [-0.2, 0) is 10.0 Å². The van der Waals surface area contributed by atoms with Gasteiger partial charge in [-0.1, -0.05) is 13.3 Å². The smallest absolute Gasteiger partial charge is 0.269 e. The summed E-state index contributed by atoms with van der Waals surface area (Å²) in [6, 6.07) is 7.72. The van der Waals surface area contributed by atoms with Gasteiger partial charge < -0.3 is 15.7 Å². The number of hydrogen-bond donors (Lipinski definition) is 4. The van der Waals surface area contributed by atoms with Crippen molar-refractivity contribution in [1.82, 2.24) is 20.3 Å². The SMILES string of the molecule is CCCCNC(=O)c1ccc(S(=O)(=O)NC(=O)c2ccc(C(=O)NCCO)nc2)cc1. The van der Waals surface area contributed by atoms with E-state index in [4.69, 9.17) is 5.11 Å². The summed E-state index contributed by atoms with van der Waals surface area (Å²) in [6.45, 7) is 2.36. The van der Waals surface area contributed by atoms with E-state index in [2.05, 4.69) is 15.6 Å². The molecule has 0 atom stereocenters. The second kappa shape index (κ2) is 11.2. The molecule has 0 saturated heterocycles. The van der Waals surface area contributed by atoms with Crippen LogP contribution in [0, 0.1) is 0 Å². The van der Waals surface area contributed by atoms with Gasteiger partial charge in [0.05, 0.1) is 17.1 Å². The molecule has 2 aromatic rings. The van der Waals surface area contributed by atoms with Gasteiger partial charge in [0.2, 0.25) is 0 Å². The van der Waals surface area contributed by atoms with E-state index in [1.807, 2.05) is 11.6 Å². The first-order valence-electron chi connectivity index (χ1n) is 9.59. The molecule has 3 amide bonds. The van der Waals surface area contributed by atoms with Crippen LogP contribution in [0.15, 0.2) is 47.5 Å². The van der Waals surface area contributed by atoms with Crippen LogP contribution in [0.1, 0.15) is 51.0 Å². The molecule has 0 saturated carbocycles. The van der Waals surface area contributed by atoms with E-state index in [1.165, 1.54) is 36.4 Å². The Bertz CT molecular complexity index is 1020. The molecule has 1 aromatic heterocycles. The maximum atomic E-state index is 12.5. The second-order valence-corrected chi connectivity index (χ2v) is 8.16. The minimum absolute atomic E-state index is 0.0145. The summed E-state index contributed by atoms with van der Waals surface area (Å²) in [5.41, 5.74) is 0.260. The number of rotatable bonds is 10. The van der Waals surface area contributed by atoms with Crippen LogP contribution in [-0.4, -0.2) is 55.9 Å². The van der Waals surface area contributed by atoms with Gasteiger partial charge in [-0.25, -0.2) is 13.1 Å². The fraction of sp³-hybridized carbons (Fsp3) is 0.300. The van der Waals surface area contributed by atoms with Gasteiger partial charge in [0.1, 0.15) is 5.69 Å². The van der Waals surface area contributed by atoms with Gasteiger partial charge in [-0.05, 0) is 42.8 Å². The lowest BCUT2D eigenvalue weighted by Crippen LogP contribution is -2.31. The van der Waals surface area contributed by atoms with Crippen molar-refractivity contribution in [2.45, 2.75) is 24.7 Å². The monoisotopic (exact) mass is 448 g/mol. The molecule has 1 heterocycles. The Morgan fingerprint density at radius 2 is 1.55 bits per heavy atom. The van der Waals surface area contributed by atoms with E-state index in [-0.39, 0.29) is 35.2 Å². The number of carbonyl (C=O) groups excluding carboxylic acids is 3. The molecule has 166 valence electrons. The Balaban J connectivity index is 2.03. The van der Waals surface area contributed by atoms with Gasteiger partial charge in [-0.2, -0.15) is 0 Å². The van der Waals surface area contributed by atoms with E-state index in [0.29, 0.717) is 12.1 Å². The summed E-state index contributed by atoms with van der Waals surface area (Å²) in [5.74, 6) is -1.76. The number of nitrogens with one attached hydrogen (secondary N) is 3. The van der Waals surface area contributed by atoms with Crippen LogP contribution in [0.2, 0.25) is 0 Å². The highest BCUT2D eigenvalue weighted by molar-refractivity contribution is 7.90. The highest BCUT2D eigenvalue weighted by Gasteiger charge is 2.20. The maximum Gasteiger partial charge on any atom is 0.269 e. The van der Waals surface area contributed by atoms with E-state index >= 15 is 0 Å². The number of aromatic nitrogens is 1. The molecule has 31 heavy (non-hydrogen) atoms. The molecule has 0 radical (unpaired) electrons. The van der Waals surface area contributed by atoms with Crippen molar-refractivity contribution in [1.29, 1.82) is 0 Å². The molecule has 0 bridgehead atoms. The summed E-state index contributed by atoms with van der Waals surface area (Å²) in [4.78, 5) is 39.7. The molecule has 11 heteroatoms. The first kappa shape index (κ1) is 24.0. The largest absolute Gasteiger partial charge is 0.395 e. The average Bonchev–Trinajstić information content (AvgIpc) is 2.77. The summed E-state index contributed by atoms with van der Waals surface area (Å²) >= 11 is 0. The van der Waals surface area contributed by atoms with E-state index < -0.39 is 21.8 Å². The predicted octanol–water partition coefficient (Wildman–Crippen LogP) is 0.452. The average molecular weight is 449 g/mol. The van der Waals surface area contributed by atoms with Gasteiger partial charge in [-0.15, -0.1) is 0 Å². The van der Waals surface area contributed by atoms with E-state index in [9.17, 15) is 22.8 Å². The van der Waals surface area contributed by atoms with Crippen molar-refractivity contribution in [3.05, 3.63) is 59.4 Å². The Kier molecular flexibility index (Phi) is 8.64. The number of aliphatic hydroxyl groups is 1. The summed E-state index contributed by atoms with van der Waals surface area (Å²) < 4.78 is 26.8. The number of benzene rings is 1. The van der Waals surface area contributed by atoms with Crippen LogP contribution in [0.3, 0.4) is 0 Å². The van der Waals surface area contributed by atoms with Gasteiger partial charge in [0.15, 0.2) is 0 Å². The predicted molar refractivity (Wildman–Crippen MR) is 112 cm³/mol. The number of hydrogen-bond acceptors (Lipinski definition) is 7. The Morgan fingerprint density at radius 3 is 2.13 bits per heavy atom. The molecule has 0 unspecified atom stereocenters. The number of aliphatic hydroxyl groups excluding tert-OH is 1. The Hall–Kier alpha value is -3.31. The minimum atomic E-state index is -4.18. The third-order valence-electron chi connectivity index (χ3n) is 4.13. The van der Waals surface area contributed by atoms with Crippen LogP contribution < -0.4 is 15.4 Å². The van der Waals surface area contributed by atoms with Crippen LogP contribution >= 0.6 is 0 Å². The van der Waals surface area contributed by atoms with Crippen molar-refractivity contribution < 1.29 is 27.9 Å². The summed E-state index contributed by atoms with van der Waals surface area (Å²) in [5, 5.41) is 13.8. The lowest BCUT2D eigenvalue weighted by molar-refractivity contribution is 0.0934. The molecule has 10 nitrogen and oxygen atoms in total. The number of pyridine rings is 1. The molecule has 0 fully saturated rings. The van der Waals surface area contributed by atoms with Gasteiger partial charge in [-0.3, -0.25) is 19.4 Å². The van der Waals surface area contributed by atoms with Crippen molar-refractivity contribution >= 4 is 27.7 Å². The van der Waals surface area contributed by atoms with Crippen LogP contribution in [0.5, 0.6) is 0 Å². The molecule has 0 aliphatic carbocycles. The first-order valence-corrected chi connectivity index (χ1v) is 11.1. The fourth-order valence-electron chi connectivity index (χ4n) is 2.43. The van der Waals surface area contributed by atoms with Crippen LogP contribution in [0.4, 0.5) is 0 Å². The maximum absolute atomic E-state index is 12.5. The molecule has 4 N–H and O–H groups in total. The lowest BCUT2D eigenvalue weighted by atomic mass is 10.2.